The third kappa shape index (κ3) is 2.95. The van der Waals surface area contributed by atoms with Gasteiger partial charge in [0, 0.05) is 39.8 Å². The van der Waals surface area contributed by atoms with Crippen LogP contribution in [-0.4, -0.2) is 29.1 Å². The number of nitrogens with two attached hydrogens (primary N) is 1. The van der Waals surface area contributed by atoms with Crippen LogP contribution in [0.3, 0.4) is 0 Å². The van der Waals surface area contributed by atoms with Crippen LogP contribution in [0, 0.1) is 0 Å². The van der Waals surface area contributed by atoms with Crippen LogP contribution in [-0.2, 0) is 0 Å². The standard InChI is InChI=1S/C12H15BrN2S2/c1-8-7-15(5-6-17-8)10-4-2-3-9(13)11(10)12(14)16/h2-4,8H,5-7H2,1H3,(H2,14,16). The van der Waals surface area contributed by atoms with Crippen LogP contribution >= 0.6 is 39.9 Å². The van der Waals surface area contributed by atoms with Crippen LogP contribution in [0.5, 0.6) is 0 Å². The Morgan fingerprint density at radius 1 is 1.59 bits per heavy atom. The fraction of sp³-hybridized carbons (Fsp3) is 0.417. The van der Waals surface area contributed by atoms with Gasteiger partial charge in [-0.05, 0) is 28.1 Å². The summed E-state index contributed by atoms with van der Waals surface area (Å²) >= 11 is 10.7. The molecule has 92 valence electrons. The van der Waals surface area contributed by atoms with E-state index in [1.807, 2.05) is 23.9 Å². The fourth-order valence-electron chi connectivity index (χ4n) is 2.06. The number of hydrogen-bond acceptors (Lipinski definition) is 3. The second-order valence-corrected chi connectivity index (χ2v) is 6.97. The molecule has 0 bridgehead atoms. The van der Waals surface area contributed by atoms with Crippen LogP contribution < -0.4 is 10.6 Å². The molecular formula is C12H15BrN2S2. The summed E-state index contributed by atoms with van der Waals surface area (Å²) in [4.78, 5) is 2.83. The first-order valence-electron chi connectivity index (χ1n) is 5.54. The van der Waals surface area contributed by atoms with Crippen molar-refractivity contribution in [1.82, 2.24) is 0 Å². The Morgan fingerprint density at radius 2 is 2.35 bits per heavy atom. The highest BCUT2D eigenvalue weighted by Gasteiger charge is 2.21. The first kappa shape index (κ1) is 13.2. The average Bonchev–Trinajstić information content (AvgIpc) is 2.28. The maximum Gasteiger partial charge on any atom is 0.107 e. The maximum absolute atomic E-state index is 5.83. The van der Waals surface area contributed by atoms with E-state index in [-0.39, 0.29) is 0 Å². The van der Waals surface area contributed by atoms with E-state index in [0.717, 1.165) is 34.6 Å². The van der Waals surface area contributed by atoms with Gasteiger partial charge in [0.1, 0.15) is 4.99 Å². The molecule has 1 aromatic rings. The summed E-state index contributed by atoms with van der Waals surface area (Å²) in [6.07, 6.45) is 0. The Labute approximate surface area is 120 Å². The van der Waals surface area contributed by atoms with Crippen LogP contribution in [0.15, 0.2) is 22.7 Å². The Balaban J connectivity index is 2.37. The van der Waals surface area contributed by atoms with Crippen molar-refractivity contribution in [2.45, 2.75) is 12.2 Å². The van der Waals surface area contributed by atoms with E-state index in [4.69, 9.17) is 18.0 Å². The molecule has 0 radical (unpaired) electrons. The smallest absolute Gasteiger partial charge is 0.107 e. The van der Waals surface area contributed by atoms with Gasteiger partial charge in [0.2, 0.25) is 0 Å². The Hall–Kier alpha value is -0.260. The highest BCUT2D eigenvalue weighted by atomic mass is 79.9. The maximum atomic E-state index is 5.83. The first-order valence-corrected chi connectivity index (χ1v) is 7.79. The van der Waals surface area contributed by atoms with E-state index in [2.05, 4.69) is 33.8 Å². The zero-order valence-electron chi connectivity index (χ0n) is 9.65. The first-order chi connectivity index (χ1) is 8.09. The molecule has 0 aromatic heterocycles. The highest BCUT2D eigenvalue weighted by Crippen LogP contribution is 2.31. The molecule has 2 N–H and O–H groups in total. The molecule has 1 aliphatic heterocycles. The number of benzene rings is 1. The predicted molar refractivity (Wildman–Crippen MR) is 84.2 cm³/mol. The van der Waals surface area contributed by atoms with Gasteiger partial charge in [0.25, 0.3) is 0 Å². The van der Waals surface area contributed by atoms with E-state index in [1.165, 1.54) is 0 Å². The normalized spacial score (nSPS) is 20.4. The minimum absolute atomic E-state index is 0.457. The predicted octanol–water partition coefficient (Wildman–Crippen LogP) is 3.03. The zero-order valence-corrected chi connectivity index (χ0v) is 12.9. The van der Waals surface area contributed by atoms with Gasteiger partial charge in [0.05, 0.1) is 0 Å². The summed E-state index contributed by atoms with van der Waals surface area (Å²) in [5, 5.41) is 0.655. The summed E-state index contributed by atoms with van der Waals surface area (Å²) in [6.45, 7) is 4.37. The number of anilines is 1. The molecule has 1 aliphatic rings. The molecule has 1 saturated heterocycles. The van der Waals surface area contributed by atoms with Gasteiger partial charge in [0.15, 0.2) is 0 Å². The molecule has 0 saturated carbocycles. The minimum atomic E-state index is 0.457. The second-order valence-electron chi connectivity index (χ2n) is 4.13. The molecular weight excluding hydrogens is 316 g/mol. The van der Waals surface area contributed by atoms with Gasteiger partial charge in [-0.15, -0.1) is 0 Å². The Morgan fingerprint density at radius 3 is 3.00 bits per heavy atom. The van der Waals surface area contributed by atoms with E-state index < -0.39 is 0 Å². The molecule has 2 nitrogen and oxygen atoms in total. The van der Waals surface area contributed by atoms with E-state index in [0.29, 0.717) is 10.2 Å². The number of nitrogens with zero attached hydrogens (tertiary/aromatic N) is 1. The van der Waals surface area contributed by atoms with Gasteiger partial charge in [-0.2, -0.15) is 11.8 Å². The van der Waals surface area contributed by atoms with Gasteiger partial charge in [-0.25, -0.2) is 0 Å². The topological polar surface area (TPSA) is 29.3 Å². The third-order valence-electron chi connectivity index (χ3n) is 2.82. The molecule has 17 heavy (non-hydrogen) atoms. The van der Waals surface area contributed by atoms with Crippen molar-refractivity contribution in [1.29, 1.82) is 0 Å². The summed E-state index contributed by atoms with van der Waals surface area (Å²) in [5.74, 6) is 1.16. The average molecular weight is 331 g/mol. The van der Waals surface area contributed by atoms with E-state index >= 15 is 0 Å². The molecule has 0 spiro atoms. The second kappa shape index (κ2) is 5.59. The molecule has 1 fully saturated rings. The molecule has 0 amide bonds. The SMILES string of the molecule is CC1CN(c2cccc(Br)c2C(N)=S)CCS1. The third-order valence-corrected chi connectivity index (χ3v) is 4.82. The van der Waals surface area contributed by atoms with Gasteiger partial charge < -0.3 is 10.6 Å². The quantitative estimate of drug-likeness (QED) is 0.844. The minimum Gasteiger partial charge on any atom is -0.389 e. The van der Waals surface area contributed by atoms with Crippen molar-refractivity contribution in [2.24, 2.45) is 5.73 Å². The molecule has 5 heteroatoms. The summed E-state index contributed by atoms with van der Waals surface area (Å²) in [5.41, 5.74) is 7.94. The molecule has 2 rings (SSSR count). The summed E-state index contributed by atoms with van der Waals surface area (Å²) < 4.78 is 0.980. The van der Waals surface area contributed by atoms with Crippen LogP contribution in [0.1, 0.15) is 12.5 Å². The lowest BCUT2D eigenvalue weighted by Crippen LogP contribution is -2.37. The van der Waals surface area contributed by atoms with Crippen molar-refractivity contribution in [3.63, 3.8) is 0 Å². The van der Waals surface area contributed by atoms with Crippen molar-refractivity contribution < 1.29 is 0 Å². The van der Waals surface area contributed by atoms with Crippen LogP contribution in [0.25, 0.3) is 0 Å². The Bertz CT molecular complexity index is 437. The number of thiocarbonyl (C=S) groups is 1. The lowest BCUT2D eigenvalue weighted by molar-refractivity contribution is 0.782. The number of hydrogen-bond donors (Lipinski definition) is 1. The fourth-order valence-corrected chi connectivity index (χ4v) is 3.99. The molecule has 1 atom stereocenters. The zero-order chi connectivity index (χ0) is 12.4. The molecule has 0 aliphatic carbocycles. The van der Waals surface area contributed by atoms with Crippen molar-refractivity contribution in [3.8, 4) is 0 Å². The van der Waals surface area contributed by atoms with E-state index in [1.54, 1.807) is 0 Å². The molecule has 1 aromatic carbocycles. The molecule has 1 heterocycles. The van der Waals surface area contributed by atoms with Crippen molar-refractivity contribution in [3.05, 3.63) is 28.2 Å². The monoisotopic (exact) mass is 330 g/mol. The molecule has 1 unspecified atom stereocenters. The summed E-state index contributed by atoms with van der Waals surface area (Å²) in [7, 11) is 0. The lowest BCUT2D eigenvalue weighted by Gasteiger charge is -2.33. The van der Waals surface area contributed by atoms with Crippen LogP contribution in [0.2, 0.25) is 0 Å². The number of rotatable bonds is 2. The van der Waals surface area contributed by atoms with Gasteiger partial charge >= 0.3 is 0 Å². The number of thioether (sulfide) groups is 1. The number of halogens is 1. The summed E-state index contributed by atoms with van der Waals surface area (Å²) in [6, 6.07) is 6.12. The van der Waals surface area contributed by atoms with Crippen molar-refractivity contribution >= 4 is 50.6 Å². The lowest BCUT2D eigenvalue weighted by atomic mass is 10.1. The van der Waals surface area contributed by atoms with E-state index in [9.17, 15) is 0 Å². The largest absolute Gasteiger partial charge is 0.389 e. The van der Waals surface area contributed by atoms with Gasteiger partial charge in [-0.3, -0.25) is 0 Å². The van der Waals surface area contributed by atoms with Crippen molar-refractivity contribution in [2.75, 3.05) is 23.7 Å². The Kier molecular flexibility index (Phi) is 4.33. The van der Waals surface area contributed by atoms with Gasteiger partial charge in [-0.1, -0.05) is 25.2 Å². The van der Waals surface area contributed by atoms with Crippen LogP contribution in [0.4, 0.5) is 5.69 Å². The highest BCUT2D eigenvalue weighted by molar-refractivity contribution is 9.10.